The molecule has 0 heterocycles. The van der Waals surface area contributed by atoms with Crippen LogP contribution in [-0.2, 0) is 0 Å². The maximum Gasteiger partial charge on any atom is 0.130 e. The summed E-state index contributed by atoms with van der Waals surface area (Å²) in [7, 11) is 0. The number of fused-ring (bicyclic) bond motifs is 4. The average Bonchev–Trinajstić information content (AvgIpc) is 3.38. The number of nitrogens with zero attached hydrogens (tertiary/aromatic N) is 1. The Kier molecular flexibility index (Phi) is 10.5. The van der Waals surface area contributed by atoms with Gasteiger partial charge in [0.1, 0.15) is 11.5 Å². The lowest BCUT2D eigenvalue weighted by atomic mass is 9.91. The number of hydrogen-bond acceptors (Lipinski definition) is 2. The summed E-state index contributed by atoms with van der Waals surface area (Å²) >= 11 is 2.45. The molecule has 0 N–H and O–H groups in total. The summed E-state index contributed by atoms with van der Waals surface area (Å²) in [5.74, 6) is 1.52. The molecule has 12 aromatic carbocycles. The number of halogens is 1. The van der Waals surface area contributed by atoms with Gasteiger partial charge in [0.15, 0.2) is 0 Å². The lowest BCUT2D eigenvalue weighted by Crippen LogP contribution is -2.13. The highest BCUT2D eigenvalue weighted by molar-refractivity contribution is 14.1. The summed E-state index contributed by atoms with van der Waals surface area (Å²) in [6.07, 6.45) is 0. The van der Waals surface area contributed by atoms with Gasteiger partial charge in [-0.3, -0.25) is 0 Å². The van der Waals surface area contributed by atoms with Gasteiger partial charge in [-0.2, -0.15) is 0 Å². The number of ether oxygens (including phenoxy) is 1. The fourth-order valence-corrected chi connectivity index (χ4v) is 10.6. The van der Waals surface area contributed by atoms with Crippen molar-refractivity contribution < 1.29 is 4.74 Å². The smallest absolute Gasteiger partial charge is 0.130 e. The maximum atomic E-state index is 7.00. The van der Waals surface area contributed by atoms with Crippen LogP contribution in [0.3, 0.4) is 0 Å². The van der Waals surface area contributed by atoms with E-state index in [-0.39, 0.29) is 0 Å². The molecule has 316 valence electrons. The third kappa shape index (κ3) is 7.67. The van der Waals surface area contributed by atoms with Gasteiger partial charge < -0.3 is 9.64 Å². The summed E-state index contributed by atoms with van der Waals surface area (Å²) in [6.45, 7) is 0. The molecular weight excluding hydrogens is 926 g/mol. The van der Waals surface area contributed by atoms with Gasteiger partial charge in [-0.1, -0.05) is 200 Å². The van der Waals surface area contributed by atoms with Crippen molar-refractivity contribution >= 4 is 82.7 Å². The maximum absolute atomic E-state index is 7.00. The Labute approximate surface area is 404 Å². The fraction of sp³-hybridized carbons (Fsp3) is 0. The second kappa shape index (κ2) is 17.4. The summed E-state index contributed by atoms with van der Waals surface area (Å²) in [5, 5.41) is 9.76. The molecule has 2 nitrogen and oxygen atoms in total. The zero-order valence-corrected chi connectivity index (χ0v) is 38.6. The molecule has 0 aliphatic heterocycles. The monoisotopic (exact) mass is 967 g/mol. The largest absolute Gasteiger partial charge is 0.457 e. The Hall–Kier alpha value is -7.99. The van der Waals surface area contributed by atoms with Crippen LogP contribution in [0.25, 0.3) is 87.6 Å². The van der Waals surface area contributed by atoms with E-state index in [0.29, 0.717) is 0 Å². The van der Waals surface area contributed by atoms with Crippen LogP contribution in [0.4, 0.5) is 17.1 Å². The second-order valence-electron chi connectivity index (χ2n) is 17.0. The van der Waals surface area contributed by atoms with E-state index in [4.69, 9.17) is 4.74 Å². The number of benzene rings is 12. The number of rotatable bonds is 9. The van der Waals surface area contributed by atoms with Crippen molar-refractivity contribution in [2.45, 2.75) is 0 Å². The number of hydrogen-bond donors (Lipinski definition) is 0. The molecule has 0 unspecified atom stereocenters. The molecule has 0 atom stereocenters. The lowest BCUT2D eigenvalue weighted by Gasteiger charge is -2.31. The number of anilines is 3. The molecule has 0 aliphatic carbocycles. The summed E-state index contributed by atoms with van der Waals surface area (Å²) in [4.78, 5) is 2.44. The molecule has 0 bridgehead atoms. The zero-order valence-electron chi connectivity index (χ0n) is 36.5. The van der Waals surface area contributed by atoms with Crippen LogP contribution in [-0.4, -0.2) is 0 Å². The third-order valence-corrected chi connectivity index (χ3v) is 13.5. The van der Waals surface area contributed by atoms with E-state index >= 15 is 0 Å². The Morgan fingerprint density at radius 1 is 0.299 bits per heavy atom. The van der Waals surface area contributed by atoms with E-state index in [9.17, 15) is 0 Å². The molecule has 3 heteroatoms. The quantitative estimate of drug-likeness (QED) is 0.106. The van der Waals surface area contributed by atoms with Crippen LogP contribution in [0.15, 0.2) is 255 Å². The molecule has 0 radical (unpaired) electrons. The van der Waals surface area contributed by atoms with Crippen LogP contribution in [0.5, 0.6) is 11.5 Å². The lowest BCUT2D eigenvalue weighted by molar-refractivity contribution is 0.482. The molecule has 0 aliphatic rings. The van der Waals surface area contributed by atoms with Crippen LogP contribution in [0, 0.1) is 3.57 Å². The van der Waals surface area contributed by atoms with E-state index in [2.05, 4.69) is 282 Å². The first-order valence-electron chi connectivity index (χ1n) is 22.7. The summed E-state index contributed by atoms with van der Waals surface area (Å²) in [6, 6.07) is 91.8. The van der Waals surface area contributed by atoms with Crippen molar-refractivity contribution in [1.29, 1.82) is 0 Å². The van der Waals surface area contributed by atoms with Crippen molar-refractivity contribution in [3.05, 3.63) is 258 Å². The molecule has 0 fully saturated rings. The van der Waals surface area contributed by atoms with Crippen molar-refractivity contribution in [3.8, 4) is 56.0 Å². The van der Waals surface area contributed by atoms with Gasteiger partial charge in [-0.15, -0.1) is 0 Å². The van der Waals surface area contributed by atoms with Gasteiger partial charge in [0, 0.05) is 26.5 Å². The molecule has 0 aromatic heterocycles. The topological polar surface area (TPSA) is 12.5 Å². The van der Waals surface area contributed by atoms with Gasteiger partial charge in [0.2, 0.25) is 0 Å². The third-order valence-electron chi connectivity index (χ3n) is 12.8. The predicted octanol–water partition coefficient (Wildman–Crippen LogP) is 18.8. The standard InChI is InChI=1S/C64H42INO/c65-51-40-53(42-55(41-51)67-54-29-16-27-50(39-54)63-58-32-13-9-24-47(58)37-48-25-10-14-33-59(48)63)66(64-60(43-18-3-1-4-19-43)34-17-35-61(64)44-20-5-2-6-21-44)52-28-15-26-49(38-52)62-56-30-11-7-22-45(56)36-46-23-8-12-31-57(46)62/h1-42H. The first-order chi connectivity index (χ1) is 33.1. The Balaban J connectivity index is 1.06. The molecule has 67 heavy (non-hydrogen) atoms. The zero-order chi connectivity index (χ0) is 44.7. The highest BCUT2D eigenvalue weighted by atomic mass is 127. The highest BCUT2D eigenvalue weighted by Crippen LogP contribution is 2.49. The second-order valence-corrected chi connectivity index (χ2v) is 18.2. The normalized spacial score (nSPS) is 11.4. The molecule has 12 rings (SSSR count). The van der Waals surface area contributed by atoms with E-state index in [1.165, 1.54) is 54.2 Å². The molecule has 0 spiro atoms. The van der Waals surface area contributed by atoms with E-state index in [1.54, 1.807) is 0 Å². The summed E-state index contributed by atoms with van der Waals surface area (Å²) in [5.41, 5.74) is 12.3. The minimum Gasteiger partial charge on any atom is -0.457 e. The molecule has 0 amide bonds. The van der Waals surface area contributed by atoms with Gasteiger partial charge in [-0.25, -0.2) is 0 Å². The van der Waals surface area contributed by atoms with Crippen LogP contribution in [0.2, 0.25) is 0 Å². The van der Waals surface area contributed by atoms with E-state index in [1.807, 2.05) is 0 Å². The van der Waals surface area contributed by atoms with Crippen LogP contribution < -0.4 is 9.64 Å². The van der Waals surface area contributed by atoms with E-state index in [0.717, 1.165) is 65.5 Å². The van der Waals surface area contributed by atoms with Crippen molar-refractivity contribution in [1.82, 2.24) is 0 Å². The number of para-hydroxylation sites is 1. The van der Waals surface area contributed by atoms with Crippen molar-refractivity contribution in [3.63, 3.8) is 0 Å². The minimum atomic E-state index is 0.751. The van der Waals surface area contributed by atoms with Crippen LogP contribution >= 0.6 is 22.6 Å². The Morgan fingerprint density at radius 3 is 1.25 bits per heavy atom. The molecular formula is C64H42INO. The SMILES string of the molecule is Ic1cc(Oc2cccc(-c3c4ccccc4cc4ccccc34)c2)cc(N(c2cccc(-c3c4ccccc4cc4ccccc34)c2)c2c(-c3ccccc3)cccc2-c2ccccc2)c1. The Morgan fingerprint density at radius 2 is 0.731 bits per heavy atom. The highest BCUT2D eigenvalue weighted by Gasteiger charge is 2.24. The molecule has 0 saturated heterocycles. The van der Waals surface area contributed by atoms with Crippen molar-refractivity contribution in [2.24, 2.45) is 0 Å². The molecule has 0 saturated carbocycles. The van der Waals surface area contributed by atoms with Gasteiger partial charge in [-0.05, 0) is 148 Å². The predicted molar refractivity (Wildman–Crippen MR) is 292 cm³/mol. The summed E-state index contributed by atoms with van der Waals surface area (Å²) < 4.78 is 8.05. The van der Waals surface area contributed by atoms with Gasteiger partial charge in [0.05, 0.1) is 11.4 Å². The first-order valence-corrected chi connectivity index (χ1v) is 23.8. The Bertz CT molecular complexity index is 3640. The first kappa shape index (κ1) is 40.5. The van der Waals surface area contributed by atoms with Crippen LogP contribution in [0.1, 0.15) is 0 Å². The van der Waals surface area contributed by atoms with Gasteiger partial charge in [0.25, 0.3) is 0 Å². The molecule has 12 aromatic rings. The minimum absolute atomic E-state index is 0.751. The van der Waals surface area contributed by atoms with Crippen molar-refractivity contribution in [2.75, 3.05) is 4.90 Å². The average molecular weight is 968 g/mol. The van der Waals surface area contributed by atoms with E-state index < -0.39 is 0 Å². The fourth-order valence-electron chi connectivity index (χ4n) is 9.93. The van der Waals surface area contributed by atoms with Gasteiger partial charge >= 0.3 is 0 Å².